The zero-order valence-electron chi connectivity index (χ0n) is 18.0. The number of benzene rings is 1. The number of hydrogen-bond acceptors (Lipinski definition) is 3. The molecule has 1 aliphatic carbocycles. The lowest BCUT2D eigenvalue weighted by molar-refractivity contribution is -0.137. The molecule has 0 N–H and O–H groups in total. The van der Waals surface area contributed by atoms with E-state index in [-0.39, 0.29) is 18.4 Å². The van der Waals surface area contributed by atoms with Crippen LogP contribution in [0.3, 0.4) is 0 Å². The van der Waals surface area contributed by atoms with Gasteiger partial charge < -0.3 is 4.90 Å². The molecule has 1 heterocycles. The first-order valence-electron chi connectivity index (χ1n) is 10.5. The molecule has 1 unspecified atom stereocenters. The monoisotopic (exact) mass is 432 g/mol. The summed E-state index contributed by atoms with van der Waals surface area (Å²) in [6.45, 7) is 6.13. The summed E-state index contributed by atoms with van der Waals surface area (Å²) in [5.74, 6) is -0.0593. The lowest BCUT2D eigenvalue weighted by atomic mass is 10.0. The van der Waals surface area contributed by atoms with Crippen molar-refractivity contribution in [1.82, 2.24) is 14.7 Å². The van der Waals surface area contributed by atoms with Crippen LogP contribution in [0.1, 0.15) is 66.7 Å². The molecule has 1 saturated carbocycles. The molecule has 0 spiro atoms. The van der Waals surface area contributed by atoms with Gasteiger partial charge in [0.05, 0.1) is 36.3 Å². The Balaban J connectivity index is 1.74. The second kappa shape index (κ2) is 9.13. The quantitative estimate of drug-likeness (QED) is 0.582. The van der Waals surface area contributed by atoms with Gasteiger partial charge in [-0.25, -0.2) is 0 Å². The fourth-order valence-electron chi connectivity index (χ4n) is 4.05. The first kappa shape index (κ1) is 22.9. The molecule has 1 amide bonds. The Morgan fingerprint density at radius 2 is 2.06 bits per heavy atom. The van der Waals surface area contributed by atoms with Gasteiger partial charge in [0.1, 0.15) is 0 Å². The summed E-state index contributed by atoms with van der Waals surface area (Å²) in [4.78, 5) is 14.9. The largest absolute Gasteiger partial charge is 0.416 e. The van der Waals surface area contributed by atoms with Crippen molar-refractivity contribution < 1.29 is 18.0 Å². The molecular weight excluding hydrogens is 405 g/mol. The van der Waals surface area contributed by atoms with E-state index in [9.17, 15) is 18.0 Å². The fourth-order valence-corrected chi connectivity index (χ4v) is 4.05. The summed E-state index contributed by atoms with van der Waals surface area (Å²) < 4.78 is 41.2. The molecule has 0 bridgehead atoms. The predicted octanol–water partition coefficient (Wildman–Crippen LogP) is 5.12. The molecule has 1 fully saturated rings. The Hall–Kier alpha value is -2.82. The third-order valence-electron chi connectivity index (χ3n) is 5.90. The van der Waals surface area contributed by atoms with Crippen LogP contribution in [0.15, 0.2) is 24.3 Å². The van der Waals surface area contributed by atoms with E-state index in [4.69, 9.17) is 5.26 Å². The Labute approximate surface area is 180 Å². The summed E-state index contributed by atoms with van der Waals surface area (Å²) in [7, 11) is 0. The maximum atomic E-state index is 13.1. The van der Waals surface area contributed by atoms with Gasteiger partial charge in [0.15, 0.2) is 0 Å². The van der Waals surface area contributed by atoms with Gasteiger partial charge >= 0.3 is 6.18 Å². The summed E-state index contributed by atoms with van der Waals surface area (Å²) in [6, 6.07) is 6.99. The van der Waals surface area contributed by atoms with Gasteiger partial charge in [-0.3, -0.25) is 9.48 Å². The van der Waals surface area contributed by atoms with Crippen molar-refractivity contribution in [3.63, 3.8) is 0 Å². The first-order chi connectivity index (χ1) is 14.6. The Morgan fingerprint density at radius 3 is 2.68 bits per heavy atom. The molecule has 31 heavy (non-hydrogen) atoms. The topological polar surface area (TPSA) is 61.9 Å². The van der Waals surface area contributed by atoms with Crippen LogP contribution in [0.2, 0.25) is 0 Å². The van der Waals surface area contributed by atoms with Crippen LogP contribution in [0.5, 0.6) is 0 Å². The number of halogens is 3. The summed E-state index contributed by atoms with van der Waals surface area (Å²) in [5.41, 5.74) is 2.58. The number of carbonyl (C=O) groups is 1. The molecule has 8 heteroatoms. The van der Waals surface area contributed by atoms with E-state index in [1.165, 1.54) is 6.07 Å². The predicted molar refractivity (Wildman–Crippen MR) is 110 cm³/mol. The average Bonchev–Trinajstić information content (AvgIpc) is 3.51. The van der Waals surface area contributed by atoms with Gasteiger partial charge in [-0.2, -0.15) is 23.5 Å². The summed E-state index contributed by atoms with van der Waals surface area (Å²) in [6.07, 6.45) is -1.51. The highest BCUT2D eigenvalue weighted by molar-refractivity contribution is 5.77. The van der Waals surface area contributed by atoms with Crippen LogP contribution in [0.25, 0.3) is 0 Å². The molecule has 1 aliphatic rings. The highest BCUT2D eigenvalue weighted by Crippen LogP contribution is 2.37. The van der Waals surface area contributed by atoms with E-state index in [2.05, 4.69) is 11.2 Å². The minimum Gasteiger partial charge on any atom is -0.333 e. The van der Waals surface area contributed by atoms with Crippen molar-refractivity contribution in [3.05, 3.63) is 52.3 Å². The van der Waals surface area contributed by atoms with Crippen molar-refractivity contribution in [2.24, 2.45) is 0 Å². The van der Waals surface area contributed by atoms with Crippen molar-refractivity contribution >= 4 is 5.91 Å². The molecule has 3 rings (SSSR count). The van der Waals surface area contributed by atoms with Crippen LogP contribution in [-0.2, 0) is 23.9 Å². The first-order valence-corrected chi connectivity index (χ1v) is 10.5. The van der Waals surface area contributed by atoms with E-state index in [0.717, 1.165) is 41.9 Å². The van der Waals surface area contributed by atoms with Crippen LogP contribution in [0.4, 0.5) is 13.2 Å². The average molecular weight is 432 g/mol. The molecule has 1 aromatic heterocycles. The molecule has 2 aromatic rings. The van der Waals surface area contributed by atoms with Gasteiger partial charge in [0.25, 0.3) is 0 Å². The maximum absolute atomic E-state index is 13.1. The number of amides is 1. The number of nitriles is 1. The van der Waals surface area contributed by atoms with Gasteiger partial charge in [-0.05, 0) is 63.3 Å². The molecular formula is C23H27F3N4O. The molecule has 1 aromatic carbocycles. The van der Waals surface area contributed by atoms with E-state index in [1.807, 2.05) is 13.8 Å². The van der Waals surface area contributed by atoms with Gasteiger partial charge in [0.2, 0.25) is 5.91 Å². The number of rotatable bonds is 8. The maximum Gasteiger partial charge on any atom is 0.416 e. The number of aryl methyl sites for hydroxylation is 2. The minimum absolute atomic E-state index is 0.0593. The fraction of sp³-hybridized carbons (Fsp3) is 0.522. The zero-order chi connectivity index (χ0) is 22.8. The second-order valence-electron chi connectivity index (χ2n) is 8.11. The van der Waals surface area contributed by atoms with Crippen LogP contribution in [-0.4, -0.2) is 26.6 Å². The van der Waals surface area contributed by atoms with Gasteiger partial charge in [0, 0.05) is 18.2 Å². The summed E-state index contributed by atoms with van der Waals surface area (Å²) in [5, 5.41) is 13.3. The summed E-state index contributed by atoms with van der Waals surface area (Å²) >= 11 is 0. The molecule has 166 valence electrons. The van der Waals surface area contributed by atoms with E-state index in [1.54, 1.807) is 22.6 Å². The highest BCUT2D eigenvalue weighted by Gasteiger charge is 2.37. The van der Waals surface area contributed by atoms with Crippen molar-refractivity contribution in [3.8, 4) is 6.07 Å². The van der Waals surface area contributed by atoms with Crippen molar-refractivity contribution in [1.29, 1.82) is 5.26 Å². The Bertz CT molecular complexity index is 986. The Morgan fingerprint density at radius 1 is 1.35 bits per heavy atom. The molecule has 0 radical (unpaired) electrons. The number of hydrogen-bond donors (Lipinski definition) is 0. The van der Waals surface area contributed by atoms with Gasteiger partial charge in [-0.1, -0.05) is 12.1 Å². The van der Waals surface area contributed by atoms with Crippen LogP contribution in [0, 0.1) is 25.2 Å². The van der Waals surface area contributed by atoms with Gasteiger partial charge in [-0.15, -0.1) is 0 Å². The number of aromatic nitrogens is 2. The highest BCUT2D eigenvalue weighted by atomic mass is 19.4. The number of carbonyl (C=O) groups excluding carboxylic acids is 1. The minimum atomic E-state index is -4.41. The SMILES string of the molecule is Cc1nn(CCC#N)c(C)c1CCC(=O)N(C1CC1)C(C)c1cccc(C(F)(F)F)c1. The van der Waals surface area contributed by atoms with Crippen LogP contribution < -0.4 is 0 Å². The second-order valence-corrected chi connectivity index (χ2v) is 8.11. The third kappa shape index (κ3) is 5.27. The smallest absolute Gasteiger partial charge is 0.333 e. The Kier molecular flexibility index (Phi) is 6.73. The van der Waals surface area contributed by atoms with E-state index in [0.29, 0.717) is 24.9 Å². The standard InChI is InChI=1S/C23H27F3N4O/c1-15-21(17(3)29(28-15)13-5-12-27)10-11-22(31)30(20-8-9-20)16(2)18-6-4-7-19(14-18)23(24,25)26/h4,6-7,14,16,20H,5,8-11,13H2,1-3H3. The zero-order valence-corrected chi connectivity index (χ0v) is 18.0. The molecule has 5 nitrogen and oxygen atoms in total. The lowest BCUT2D eigenvalue weighted by Crippen LogP contribution is -2.35. The third-order valence-corrected chi connectivity index (χ3v) is 5.90. The van der Waals surface area contributed by atoms with Crippen molar-refractivity contribution in [2.75, 3.05) is 0 Å². The number of nitrogens with zero attached hydrogens (tertiary/aromatic N) is 4. The molecule has 0 aliphatic heterocycles. The van der Waals surface area contributed by atoms with E-state index >= 15 is 0 Å². The molecule has 0 saturated heterocycles. The number of alkyl halides is 3. The lowest BCUT2D eigenvalue weighted by Gasteiger charge is -2.30. The normalized spacial score (nSPS) is 14.9. The van der Waals surface area contributed by atoms with E-state index < -0.39 is 17.8 Å². The van der Waals surface area contributed by atoms with Crippen molar-refractivity contribution in [2.45, 2.75) is 77.7 Å². The molecule has 1 atom stereocenters. The van der Waals surface area contributed by atoms with Crippen LogP contribution >= 0.6 is 0 Å².